The van der Waals surface area contributed by atoms with Crippen molar-refractivity contribution in [3.63, 3.8) is 0 Å². The zero-order valence-electron chi connectivity index (χ0n) is 13.4. The number of likely N-dealkylation sites (N-methyl/N-ethyl adjacent to an activating group) is 1. The highest BCUT2D eigenvalue weighted by molar-refractivity contribution is 7.12. The van der Waals surface area contributed by atoms with Gasteiger partial charge in [-0.25, -0.2) is 0 Å². The molecule has 0 radical (unpaired) electrons. The zero-order chi connectivity index (χ0) is 15.9. The molecule has 1 aromatic heterocycles. The Balaban J connectivity index is 1.62. The maximum atomic E-state index is 12.7. The molecule has 2 aliphatic heterocycles. The Hall–Kier alpha value is -1.65. The minimum atomic E-state index is 0.196. The number of likely N-dealkylation sites (tertiary alicyclic amines) is 2. The molecule has 4 rings (SSSR count). The summed E-state index contributed by atoms with van der Waals surface area (Å²) in [6, 6.07) is 15.2. The fourth-order valence-corrected chi connectivity index (χ4v) is 5.04. The van der Waals surface area contributed by atoms with Crippen LogP contribution in [-0.2, 0) is 5.41 Å². The summed E-state index contributed by atoms with van der Waals surface area (Å²) in [4.78, 5) is 18.1. The first-order valence-electron chi connectivity index (χ1n) is 8.29. The number of benzene rings is 1. The van der Waals surface area contributed by atoms with E-state index in [1.54, 1.807) is 11.3 Å². The maximum Gasteiger partial charge on any atom is 0.263 e. The van der Waals surface area contributed by atoms with Crippen molar-refractivity contribution in [3.05, 3.63) is 58.3 Å². The van der Waals surface area contributed by atoms with Gasteiger partial charge in [0.1, 0.15) is 0 Å². The zero-order valence-corrected chi connectivity index (χ0v) is 14.3. The van der Waals surface area contributed by atoms with Crippen molar-refractivity contribution in [3.8, 4) is 0 Å². The number of piperidine rings is 1. The molecule has 2 aliphatic rings. The van der Waals surface area contributed by atoms with Crippen LogP contribution in [0.25, 0.3) is 0 Å². The first kappa shape index (κ1) is 14.9. The lowest BCUT2D eigenvalue weighted by atomic mass is 9.69. The number of thiophene rings is 1. The van der Waals surface area contributed by atoms with Crippen LogP contribution in [0.15, 0.2) is 47.8 Å². The monoisotopic (exact) mass is 326 g/mol. The molecule has 23 heavy (non-hydrogen) atoms. The van der Waals surface area contributed by atoms with E-state index in [0.29, 0.717) is 6.04 Å². The highest BCUT2D eigenvalue weighted by Crippen LogP contribution is 2.45. The number of amides is 1. The average molecular weight is 326 g/mol. The number of nitrogens with zero attached hydrogens (tertiary/aromatic N) is 2. The van der Waals surface area contributed by atoms with Gasteiger partial charge in [0.15, 0.2) is 0 Å². The van der Waals surface area contributed by atoms with Crippen LogP contribution >= 0.6 is 11.3 Å². The Morgan fingerprint density at radius 3 is 2.65 bits per heavy atom. The second kappa shape index (κ2) is 5.77. The van der Waals surface area contributed by atoms with E-state index in [1.165, 1.54) is 12.0 Å². The average Bonchev–Trinajstić information content (AvgIpc) is 3.24. The largest absolute Gasteiger partial charge is 0.336 e. The number of rotatable bonds is 2. The van der Waals surface area contributed by atoms with E-state index in [2.05, 4.69) is 47.2 Å². The predicted octanol–water partition coefficient (Wildman–Crippen LogP) is 3.24. The third-order valence-electron chi connectivity index (χ3n) is 5.67. The van der Waals surface area contributed by atoms with Crippen LogP contribution in [0, 0.1) is 0 Å². The fourth-order valence-electron chi connectivity index (χ4n) is 4.35. The van der Waals surface area contributed by atoms with Crippen LogP contribution in [0.5, 0.6) is 0 Å². The van der Waals surface area contributed by atoms with Gasteiger partial charge in [-0.1, -0.05) is 36.4 Å². The molecule has 2 saturated heterocycles. The third-order valence-corrected chi connectivity index (χ3v) is 6.53. The maximum absolute atomic E-state index is 12.7. The second-order valence-corrected chi connectivity index (χ2v) is 7.69. The lowest BCUT2D eigenvalue weighted by molar-refractivity contribution is 0.0558. The minimum Gasteiger partial charge on any atom is -0.336 e. The van der Waals surface area contributed by atoms with Crippen LogP contribution in [0.4, 0.5) is 0 Å². The van der Waals surface area contributed by atoms with Crippen molar-refractivity contribution in [2.45, 2.75) is 24.3 Å². The number of carbonyl (C=O) groups is 1. The lowest BCUT2D eigenvalue weighted by Gasteiger charge is -2.46. The van der Waals surface area contributed by atoms with E-state index >= 15 is 0 Å². The number of hydrogen-bond acceptors (Lipinski definition) is 3. The lowest BCUT2D eigenvalue weighted by Crippen LogP contribution is -2.56. The molecule has 1 amide bonds. The number of hydrogen-bond donors (Lipinski definition) is 0. The van der Waals surface area contributed by atoms with Gasteiger partial charge in [-0.3, -0.25) is 4.79 Å². The molecule has 120 valence electrons. The summed E-state index contributed by atoms with van der Waals surface area (Å²) in [5, 5.41) is 1.98. The molecule has 2 fully saturated rings. The molecule has 0 unspecified atom stereocenters. The minimum absolute atomic E-state index is 0.196. The van der Waals surface area contributed by atoms with Crippen LogP contribution in [-0.4, -0.2) is 48.4 Å². The van der Waals surface area contributed by atoms with Crippen molar-refractivity contribution >= 4 is 17.2 Å². The molecule has 0 aliphatic carbocycles. The molecule has 0 bridgehead atoms. The molecule has 0 saturated carbocycles. The van der Waals surface area contributed by atoms with Crippen molar-refractivity contribution in [2.75, 3.05) is 26.7 Å². The summed E-state index contributed by atoms with van der Waals surface area (Å²) >= 11 is 1.54. The SMILES string of the molecule is CN1CC[C@]2(c3ccccc3)CCN(C(=O)c3cccs3)C[C@@H]12. The van der Waals surface area contributed by atoms with Gasteiger partial charge in [-0.15, -0.1) is 11.3 Å². The van der Waals surface area contributed by atoms with Gasteiger partial charge in [0.2, 0.25) is 0 Å². The molecule has 0 N–H and O–H groups in total. The standard InChI is InChI=1S/C19H22N2OS/c1-20-11-9-19(15-6-3-2-4-7-15)10-12-21(14-17(19)20)18(22)16-8-5-13-23-16/h2-8,13,17H,9-12,14H2,1H3/t17-,19-/m1/s1. The molecule has 1 aromatic carbocycles. The van der Waals surface area contributed by atoms with Crippen LogP contribution in [0.3, 0.4) is 0 Å². The fraction of sp³-hybridized carbons (Fsp3) is 0.421. The Bertz CT molecular complexity index is 685. The Morgan fingerprint density at radius 2 is 1.91 bits per heavy atom. The molecule has 0 spiro atoms. The highest BCUT2D eigenvalue weighted by Gasteiger charge is 2.50. The Labute approximate surface area is 141 Å². The Kier molecular flexibility index (Phi) is 3.74. The summed E-state index contributed by atoms with van der Waals surface area (Å²) in [5.74, 6) is 0.196. The van der Waals surface area contributed by atoms with Crippen molar-refractivity contribution in [1.82, 2.24) is 9.80 Å². The molecular weight excluding hydrogens is 304 g/mol. The topological polar surface area (TPSA) is 23.6 Å². The quantitative estimate of drug-likeness (QED) is 0.846. The van der Waals surface area contributed by atoms with Crippen molar-refractivity contribution in [1.29, 1.82) is 0 Å². The van der Waals surface area contributed by atoms with Gasteiger partial charge in [-0.2, -0.15) is 0 Å². The summed E-state index contributed by atoms with van der Waals surface area (Å²) in [6.07, 6.45) is 2.25. The van der Waals surface area contributed by atoms with E-state index in [4.69, 9.17) is 0 Å². The first-order chi connectivity index (χ1) is 11.2. The normalized spacial score (nSPS) is 27.9. The molecule has 2 atom stereocenters. The van der Waals surface area contributed by atoms with Gasteiger partial charge in [0.25, 0.3) is 5.91 Å². The first-order valence-corrected chi connectivity index (χ1v) is 9.17. The molecule has 4 heteroatoms. The van der Waals surface area contributed by atoms with Crippen LogP contribution in [0.1, 0.15) is 28.1 Å². The predicted molar refractivity (Wildman–Crippen MR) is 94.0 cm³/mol. The molecule has 2 aromatic rings. The van der Waals surface area contributed by atoms with E-state index in [9.17, 15) is 4.79 Å². The summed E-state index contributed by atoms with van der Waals surface area (Å²) < 4.78 is 0. The summed E-state index contributed by atoms with van der Waals surface area (Å²) in [7, 11) is 2.20. The van der Waals surface area contributed by atoms with Gasteiger partial charge in [0, 0.05) is 24.5 Å². The van der Waals surface area contributed by atoms with Gasteiger partial charge >= 0.3 is 0 Å². The molecule has 3 heterocycles. The summed E-state index contributed by atoms with van der Waals surface area (Å²) in [6.45, 7) is 2.80. The molecule has 3 nitrogen and oxygen atoms in total. The molecular formula is C19H22N2OS. The highest BCUT2D eigenvalue weighted by atomic mass is 32.1. The van der Waals surface area contributed by atoms with E-state index in [-0.39, 0.29) is 11.3 Å². The number of fused-ring (bicyclic) bond motifs is 1. The van der Waals surface area contributed by atoms with E-state index in [1.807, 2.05) is 17.5 Å². The third kappa shape index (κ3) is 2.41. The van der Waals surface area contributed by atoms with E-state index in [0.717, 1.165) is 30.9 Å². The smallest absolute Gasteiger partial charge is 0.263 e. The van der Waals surface area contributed by atoms with Crippen molar-refractivity contribution < 1.29 is 4.79 Å². The number of carbonyl (C=O) groups excluding carboxylic acids is 1. The van der Waals surface area contributed by atoms with Crippen LogP contribution < -0.4 is 0 Å². The van der Waals surface area contributed by atoms with Gasteiger partial charge in [0.05, 0.1) is 4.88 Å². The Morgan fingerprint density at radius 1 is 1.13 bits per heavy atom. The summed E-state index contributed by atoms with van der Waals surface area (Å²) in [5.41, 5.74) is 1.65. The van der Waals surface area contributed by atoms with Gasteiger partial charge in [-0.05, 0) is 43.4 Å². The van der Waals surface area contributed by atoms with Crippen LogP contribution in [0.2, 0.25) is 0 Å². The van der Waals surface area contributed by atoms with Crippen molar-refractivity contribution in [2.24, 2.45) is 0 Å². The van der Waals surface area contributed by atoms with Gasteiger partial charge < -0.3 is 9.80 Å². The second-order valence-electron chi connectivity index (χ2n) is 6.75. The van der Waals surface area contributed by atoms with E-state index < -0.39 is 0 Å².